The van der Waals surface area contributed by atoms with E-state index in [0.29, 0.717) is 5.71 Å². The Labute approximate surface area is 172 Å². The summed E-state index contributed by atoms with van der Waals surface area (Å²) in [5.41, 5.74) is 5.53. The second-order valence-electron chi connectivity index (χ2n) is 6.96. The Morgan fingerprint density at radius 2 is 1.34 bits per heavy atom. The predicted molar refractivity (Wildman–Crippen MR) is 119 cm³/mol. The van der Waals surface area contributed by atoms with E-state index in [9.17, 15) is 8.42 Å². The Bertz CT molecular complexity index is 1130. The van der Waals surface area contributed by atoms with Crippen LogP contribution in [0.15, 0.2) is 94.9 Å². The Hall–Kier alpha value is -3.18. The van der Waals surface area contributed by atoms with Crippen molar-refractivity contribution < 1.29 is 8.42 Å². The third-order valence-electron chi connectivity index (χ3n) is 4.55. The van der Waals surface area contributed by atoms with Crippen LogP contribution in [0, 0.1) is 13.8 Å². The molecule has 0 unspecified atom stereocenters. The molecular formula is C24H24N2O2S. The molecule has 0 saturated carbocycles. The summed E-state index contributed by atoms with van der Waals surface area (Å²) in [6.45, 7) is 5.90. The molecule has 0 saturated heterocycles. The molecule has 3 aromatic rings. The first kappa shape index (κ1) is 20.6. The second kappa shape index (κ2) is 8.88. The number of benzene rings is 3. The first-order chi connectivity index (χ1) is 13.8. The standard InChI is InChI=1S/C24H24N2O2S/c1-18-9-13-22(14-10-18)24(17-20(3)21-7-5-4-6-8-21)25-26-29(27,28)23-15-11-19(2)12-16-23/h4-17,26H,1-3H3/b20-17+,25-24+. The van der Waals surface area contributed by atoms with Crippen molar-refractivity contribution in [1.82, 2.24) is 4.83 Å². The molecule has 4 nitrogen and oxygen atoms in total. The minimum absolute atomic E-state index is 0.180. The van der Waals surface area contributed by atoms with Crippen molar-refractivity contribution in [2.75, 3.05) is 0 Å². The highest BCUT2D eigenvalue weighted by Gasteiger charge is 2.13. The fraction of sp³-hybridized carbons (Fsp3) is 0.125. The van der Waals surface area contributed by atoms with Gasteiger partial charge in [-0.05, 0) is 50.1 Å². The van der Waals surface area contributed by atoms with Crippen LogP contribution in [0.25, 0.3) is 5.57 Å². The number of rotatable bonds is 6. The summed E-state index contributed by atoms with van der Waals surface area (Å²) in [6.07, 6.45) is 1.89. The van der Waals surface area contributed by atoms with Crippen LogP contribution in [0.2, 0.25) is 0 Å². The molecule has 0 aliphatic carbocycles. The van der Waals surface area contributed by atoms with Gasteiger partial charge in [-0.25, -0.2) is 0 Å². The largest absolute Gasteiger partial charge is 0.276 e. The highest BCUT2D eigenvalue weighted by Crippen LogP contribution is 2.16. The number of hydrazone groups is 1. The molecule has 29 heavy (non-hydrogen) atoms. The molecule has 148 valence electrons. The first-order valence-corrected chi connectivity index (χ1v) is 10.8. The van der Waals surface area contributed by atoms with Crippen LogP contribution in [-0.4, -0.2) is 14.1 Å². The van der Waals surface area contributed by atoms with E-state index >= 15 is 0 Å². The maximum atomic E-state index is 12.7. The van der Waals surface area contributed by atoms with Crippen LogP contribution in [0.4, 0.5) is 0 Å². The molecule has 0 aliphatic rings. The number of nitrogens with one attached hydrogen (secondary N) is 1. The summed E-state index contributed by atoms with van der Waals surface area (Å²) in [7, 11) is -3.76. The molecule has 3 aromatic carbocycles. The van der Waals surface area contributed by atoms with Gasteiger partial charge in [0.25, 0.3) is 10.0 Å². The van der Waals surface area contributed by atoms with E-state index in [-0.39, 0.29) is 4.90 Å². The molecule has 0 heterocycles. The molecule has 0 radical (unpaired) electrons. The SMILES string of the molecule is C/C(=C\C(=N/NS(=O)(=O)c1ccc(C)cc1)c1ccc(C)cc1)c1ccccc1. The third-order valence-corrected chi connectivity index (χ3v) is 5.77. The molecule has 0 aliphatic heterocycles. The zero-order valence-electron chi connectivity index (χ0n) is 16.8. The van der Waals surface area contributed by atoms with Crippen LogP contribution < -0.4 is 4.83 Å². The van der Waals surface area contributed by atoms with Gasteiger partial charge in [-0.2, -0.15) is 18.4 Å². The highest BCUT2D eigenvalue weighted by molar-refractivity contribution is 7.89. The molecule has 0 spiro atoms. The lowest BCUT2D eigenvalue weighted by molar-refractivity contribution is 0.584. The number of sulfonamides is 1. The van der Waals surface area contributed by atoms with Gasteiger partial charge in [0.05, 0.1) is 10.6 Å². The van der Waals surface area contributed by atoms with Crippen LogP contribution >= 0.6 is 0 Å². The van der Waals surface area contributed by atoms with Crippen LogP contribution in [-0.2, 0) is 10.0 Å². The molecular weight excluding hydrogens is 380 g/mol. The number of hydrogen-bond donors (Lipinski definition) is 1. The molecule has 3 rings (SSSR count). The smallest absolute Gasteiger partial charge is 0.200 e. The normalized spacial score (nSPS) is 12.7. The summed E-state index contributed by atoms with van der Waals surface area (Å²) in [6, 6.07) is 24.4. The highest BCUT2D eigenvalue weighted by atomic mass is 32.2. The van der Waals surface area contributed by atoms with Gasteiger partial charge >= 0.3 is 0 Å². The summed E-state index contributed by atoms with van der Waals surface area (Å²) in [4.78, 5) is 2.56. The van der Waals surface area contributed by atoms with Gasteiger partial charge in [-0.15, -0.1) is 0 Å². The van der Waals surface area contributed by atoms with Crippen molar-refractivity contribution in [2.45, 2.75) is 25.7 Å². The van der Waals surface area contributed by atoms with Gasteiger partial charge in [0.1, 0.15) is 0 Å². The van der Waals surface area contributed by atoms with Gasteiger partial charge in [-0.1, -0.05) is 77.9 Å². The monoisotopic (exact) mass is 404 g/mol. The minimum Gasteiger partial charge on any atom is -0.200 e. The van der Waals surface area contributed by atoms with E-state index in [1.807, 2.05) is 81.4 Å². The predicted octanol–water partition coefficient (Wildman–Crippen LogP) is 5.09. The maximum absolute atomic E-state index is 12.7. The van der Waals surface area contributed by atoms with E-state index in [4.69, 9.17) is 0 Å². The topological polar surface area (TPSA) is 58.5 Å². The zero-order valence-corrected chi connectivity index (χ0v) is 17.6. The Balaban J connectivity index is 1.98. The van der Waals surface area contributed by atoms with Gasteiger partial charge in [0, 0.05) is 5.56 Å². The lowest BCUT2D eigenvalue weighted by Crippen LogP contribution is -2.20. The van der Waals surface area contributed by atoms with Crippen molar-refractivity contribution in [2.24, 2.45) is 5.10 Å². The molecule has 0 fully saturated rings. The first-order valence-electron chi connectivity index (χ1n) is 9.32. The van der Waals surface area contributed by atoms with Crippen molar-refractivity contribution in [3.8, 4) is 0 Å². The molecule has 5 heteroatoms. The van der Waals surface area contributed by atoms with Crippen molar-refractivity contribution in [3.63, 3.8) is 0 Å². The summed E-state index contributed by atoms with van der Waals surface area (Å²) in [5, 5.41) is 4.26. The molecule has 1 N–H and O–H groups in total. The van der Waals surface area contributed by atoms with E-state index in [0.717, 1.165) is 27.8 Å². The average molecular weight is 405 g/mol. The Morgan fingerprint density at radius 3 is 1.93 bits per heavy atom. The Morgan fingerprint density at radius 1 is 0.793 bits per heavy atom. The fourth-order valence-corrected chi connectivity index (χ4v) is 3.59. The van der Waals surface area contributed by atoms with E-state index in [2.05, 4.69) is 9.93 Å². The van der Waals surface area contributed by atoms with Crippen LogP contribution in [0.5, 0.6) is 0 Å². The lowest BCUT2D eigenvalue weighted by Gasteiger charge is -2.08. The summed E-state index contributed by atoms with van der Waals surface area (Å²) in [5.74, 6) is 0. The molecule has 0 bridgehead atoms. The second-order valence-corrected chi connectivity index (χ2v) is 8.63. The quantitative estimate of drug-likeness (QED) is 0.459. The van der Waals surface area contributed by atoms with Crippen LogP contribution in [0.1, 0.15) is 29.2 Å². The number of hydrogen-bond acceptors (Lipinski definition) is 3. The van der Waals surface area contributed by atoms with Crippen molar-refractivity contribution >= 4 is 21.3 Å². The number of nitrogens with zero attached hydrogens (tertiary/aromatic N) is 1. The van der Waals surface area contributed by atoms with Gasteiger partial charge in [0.2, 0.25) is 0 Å². The Kier molecular flexibility index (Phi) is 6.29. The average Bonchev–Trinajstić information content (AvgIpc) is 2.72. The minimum atomic E-state index is -3.76. The summed E-state index contributed by atoms with van der Waals surface area (Å²) < 4.78 is 25.3. The van der Waals surface area contributed by atoms with Gasteiger partial charge in [0.15, 0.2) is 0 Å². The molecule has 0 aromatic heterocycles. The zero-order chi connectivity index (χ0) is 20.9. The van der Waals surface area contributed by atoms with E-state index in [1.54, 1.807) is 24.3 Å². The van der Waals surface area contributed by atoms with E-state index < -0.39 is 10.0 Å². The lowest BCUT2D eigenvalue weighted by atomic mass is 10.0. The molecule has 0 amide bonds. The van der Waals surface area contributed by atoms with Gasteiger partial charge < -0.3 is 0 Å². The molecule has 0 atom stereocenters. The maximum Gasteiger partial charge on any atom is 0.276 e. The fourth-order valence-electron chi connectivity index (χ4n) is 2.77. The number of allylic oxidation sites excluding steroid dienone is 2. The van der Waals surface area contributed by atoms with Gasteiger partial charge in [-0.3, -0.25) is 0 Å². The van der Waals surface area contributed by atoms with Crippen molar-refractivity contribution in [1.29, 1.82) is 0 Å². The third kappa shape index (κ3) is 5.42. The van der Waals surface area contributed by atoms with Crippen molar-refractivity contribution in [3.05, 3.63) is 107 Å². The van der Waals surface area contributed by atoms with E-state index in [1.165, 1.54) is 0 Å². The van der Waals surface area contributed by atoms with Crippen LogP contribution in [0.3, 0.4) is 0 Å². The summed E-state index contributed by atoms with van der Waals surface area (Å²) >= 11 is 0. The number of aryl methyl sites for hydroxylation is 2.